The summed E-state index contributed by atoms with van der Waals surface area (Å²) in [5.74, 6) is 0. The van der Waals surface area contributed by atoms with Crippen LogP contribution in [0.25, 0.3) is 66.1 Å². The quantitative estimate of drug-likeness (QED) is 0.168. The first-order valence-electron chi connectivity index (χ1n) is 18.8. The number of hydrogen-bond donors (Lipinski definition) is 0. The maximum atomic E-state index is 2.41. The van der Waals surface area contributed by atoms with Gasteiger partial charge in [0.05, 0.1) is 5.69 Å². The minimum absolute atomic E-state index is 0.0329. The van der Waals surface area contributed by atoms with Crippen LogP contribution in [0.4, 0.5) is 17.1 Å². The molecular formula is C53H39N. The number of fused-ring (bicyclic) bond motifs is 5. The molecule has 0 aromatic heterocycles. The topological polar surface area (TPSA) is 3.24 Å². The molecule has 0 aliphatic heterocycles. The van der Waals surface area contributed by atoms with Gasteiger partial charge in [-0.15, -0.1) is 0 Å². The largest absolute Gasteiger partial charge is 0.310 e. The Bertz CT molecular complexity index is 2840. The Morgan fingerprint density at radius 2 is 0.926 bits per heavy atom. The molecule has 0 heterocycles. The number of hydrogen-bond acceptors (Lipinski definition) is 1. The Kier molecular flexibility index (Phi) is 7.56. The van der Waals surface area contributed by atoms with Gasteiger partial charge in [-0.1, -0.05) is 178 Å². The summed E-state index contributed by atoms with van der Waals surface area (Å²) in [5.41, 5.74) is 16.2. The predicted molar refractivity (Wildman–Crippen MR) is 230 cm³/mol. The molecule has 0 atom stereocenters. The molecule has 1 nitrogen and oxygen atoms in total. The molecule has 0 amide bonds. The summed E-state index contributed by atoms with van der Waals surface area (Å²) in [6, 6.07) is 73.4. The molecule has 54 heavy (non-hydrogen) atoms. The summed E-state index contributed by atoms with van der Waals surface area (Å²) in [5, 5.41) is 4.96. The predicted octanol–water partition coefficient (Wildman–Crippen LogP) is 14.8. The number of benzene rings is 9. The van der Waals surface area contributed by atoms with E-state index in [0.29, 0.717) is 0 Å². The van der Waals surface area contributed by atoms with Crippen LogP contribution in [0.2, 0.25) is 0 Å². The summed E-state index contributed by atoms with van der Waals surface area (Å²) >= 11 is 0. The Balaban J connectivity index is 1.05. The average molecular weight is 690 g/mol. The van der Waals surface area contributed by atoms with Crippen molar-refractivity contribution in [1.29, 1.82) is 0 Å². The third-order valence-corrected chi connectivity index (χ3v) is 11.5. The minimum Gasteiger partial charge on any atom is -0.310 e. The Morgan fingerprint density at radius 1 is 0.352 bits per heavy atom. The molecule has 0 fully saturated rings. The van der Waals surface area contributed by atoms with Crippen molar-refractivity contribution in [2.75, 3.05) is 4.90 Å². The lowest BCUT2D eigenvalue weighted by Gasteiger charge is -2.27. The van der Waals surface area contributed by atoms with E-state index in [1.54, 1.807) is 0 Å². The van der Waals surface area contributed by atoms with Crippen molar-refractivity contribution < 1.29 is 0 Å². The van der Waals surface area contributed by atoms with Gasteiger partial charge in [-0.3, -0.25) is 0 Å². The van der Waals surface area contributed by atoms with Gasteiger partial charge in [0.2, 0.25) is 0 Å². The van der Waals surface area contributed by atoms with E-state index in [-0.39, 0.29) is 5.41 Å². The van der Waals surface area contributed by atoms with Crippen LogP contribution in [0.15, 0.2) is 200 Å². The first kappa shape index (κ1) is 32.0. The van der Waals surface area contributed by atoms with Crippen LogP contribution in [0.1, 0.15) is 25.0 Å². The summed E-state index contributed by atoms with van der Waals surface area (Å²) in [4.78, 5) is 2.41. The Labute approximate surface area is 317 Å². The van der Waals surface area contributed by atoms with Gasteiger partial charge in [-0.25, -0.2) is 0 Å². The summed E-state index contributed by atoms with van der Waals surface area (Å²) in [6.07, 6.45) is 0. The number of nitrogens with zero attached hydrogens (tertiary/aromatic N) is 1. The molecule has 0 radical (unpaired) electrons. The molecule has 0 saturated heterocycles. The van der Waals surface area contributed by atoms with Crippen LogP contribution < -0.4 is 4.90 Å². The molecular weight excluding hydrogens is 651 g/mol. The SMILES string of the molecule is CC1(C)c2ccccc2-c2c(-c3ccc(N(c4cccc(-c5ccc(-c6ccc7ccccc7c6)cc5)c4)c4cccc5ccccc45)cc3)cccc21. The minimum atomic E-state index is -0.0329. The number of anilines is 3. The van der Waals surface area contributed by atoms with Crippen LogP contribution in [-0.2, 0) is 5.41 Å². The molecule has 256 valence electrons. The molecule has 0 N–H and O–H groups in total. The van der Waals surface area contributed by atoms with E-state index < -0.39 is 0 Å². The van der Waals surface area contributed by atoms with Crippen molar-refractivity contribution in [2.45, 2.75) is 19.3 Å². The zero-order valence-corrected chi connectivity index (χ0v) is 30.5. The summed E-state index contributed by atoms with van der Waals surface area (Å²) in [6.45, 7) is 4.69. The van der Waals surface area contributed by atoms with Crippen LogP contribution >= 0.6 is 0 Å². The van der Waals surface area contributed by atoms with Gasteiger partial charge in [0.1, 0.15) is 0 Å². The molecule has 0 spiro atoms. The molecule has 10 rings (SSSR count). The highest BCUT2D eigenvalue weighted by Crippen LogP contribution is 2.52. The van der Waals surface area contributed by atoms with E-state index in [1.807, 2.05) is 0 Å². The van der Waals surface area contributed by atoms with Gasteiger partial charge in [-0.05, 0) is 108 Å². The van der Waals surface area contributed by atoms with Crippen molar-refractivity contribution in [3.05, 3.63) is 211 Å². The molecule has 0 bridgehead atoms. The van der Waals surface area contributed by atoms with Gasteiger partial charge in [0.15, 0.2) is 0 Å². The van der Waals surface area contributed by atoms with Gasteiger partial charge < -0.3 is 4.90 Å². The first-order valence-corrected chi connectivity index (χ1v) is 18.8. The number of rotatable bonds is 6. The highest BCUT2D eigenvalue weighted by molar-refractivity contribution is 6.00. The zero-order chi connectivity index (χ0) is 36.2. The average Bonchev–Trinajstić information content (AvgIpc) is 3.47. The summed E-state index contributed by atoms with van der Waals surface area (Å²) < 4.78 is 0. The van der Waals surface area contributed by atoms with E-state index in [2.05, 4.69) is 219 Å². The van der Waals surface area contributed by atoms with Crippen LogP contribution in [-0.4, -0.2) is 0 Å². The highest BCUT2D eigenvalue weighted by atomic mass is 15.1. The lowest BCUT2D eigenvalue weighted by Crippen LogP contribution is -2.14. The molecule has 0 saturated carbocycles. The molecule has 1 heteroatoms. The van der Waals surface area contributed by atoms with Gasteiger partial charge in [0, 0.05) is 22.2 Å². The van der Waals surface area contributed by atoms with E-state index >= 15 is 0 Å². The van der Waals surface area contributed by atoms with Crippen molar-refractivity contribution >= 4 is 38.6 Å². The lowest BCUT2D eigenvalue weighted by atomic mass is 9.82. The van der Waals surface area contributed by atoms with Gasteiger partial charge in [0.25, 0.3) is 0 Å². The van der Waals surface area contributed by atoms with Crippen LogP contribution in [0.5, 0.6) is 0 Å². The third kappa shape index (κ3) is 5.32. The fraction of sp³-hybridized carbons (Fsp3) is 0.0566. The van der Waals surface area contributed by atoms with E-state index in [0.717, 1.165) is 17.1 Å². The molecule has 0 unspecified atom stereocenters. The Hall–Kier alpha value is -6.70. The smallest absolute Gasteiger partial charge is 0.0540 e. The maximum absolute atomic E-state index is 2.41. The highest BCUT2D eigenvalue weighted by Gasteiger charge is 2.36. The van der Waals surface area contributed by atoms with Gasteiger partial charge >= 0.3 is 0 Å². The fourth-order valence-corrected chi connectivity index (χ4v) is 8.66. The van der Waals surface area contributed by atoms with Crippen molar-refractivity contribution in [3.8, 4) is 44.5 Å². The molecule has 9 aromatic carbocycles. The van der Waals surface area contributed by atoms with Gasteiger partial charge in [-0.2, -0.15) is 0 Å². The summed E-state index contributed by atoms with van der Waals surface area (Å²) in [7, 11) is 0. The van der Waals surface area contributed by atoms with E-state index in [4.69, 9.17) is 0 Å². The monoisotopic (exact) mass is 689 g/mol. The molecule has 1 aliphatic rings. The molecule has 9 aromatic rings. The third-order valence-electron chi connectivity index (χ3n) is 11.5. The second-order valence-electron chi connectivity index (χ2n) is 15.0. The Morgan fingerprint density at radius 3 is 1.74 bits per heavy atom. The van der Waals surface area contributed by atoms with E-state index in [1.165, 1.54) is 77.2 Å². The first-order chi connectivity index (χ1) is 26.5. The maximum Gasteiger partial charge on any atom is 0.0540 e. The second kappa shape index (κ2) is 12.8. The van der Waals surface area contributed by atoms with Crippen molar-refractivity contribution in [3.63, 3.8) is 0 Å². The fourth-order valence-electron chi connectivity index (χ4n) is 8.66. The van der Waals surface area contributed by atoms with Crippen molar-refractivity contribution in [1.82, 2.24) is 0 Å². The molecule has 1 aliphatic carbocycles. The van der Waals surface area contributed by atoms with Crippen molar-refractivity contribution in [2.24, 2.45) is 0 Å². The van der Waals surface area contributed by atoms with Crippen LogP contribution in [0, 0.1) is 0 Å². The standard InChI is InChI=1S/C53H39N/c1-53(2)49-21-8-7-19-48(49)52-47(20-11-22-50(52)53)40-30-32-44(33-31-40)54(51-23-10-15-39-13-5-6-18-46(39)51)45-17-9-16-42(35-45)37-24-26-38(27-25-37)43-29-28-36-12-3-4-14-41(36)34-43/h3-35H,1-2H3. The normalized spacial score (nSPS) is 12.8. The zero-order valence-electron chi connectivity index (χ0n) is 30.5. The lowest BCUT2D eigenvalue weighted by molar-refractivity contribution is 0.660. The van der Waals surface area contributed by atoms with E-state index in [9.17, 15) is 0 Å². The van der Waals surface area contributed by atoms with Crippen LogP contribution in [0.3, 0.4) is 0 Å². The second-order valence-corrected chi connectivity index (χ2v) is 15.0.